The van der Waals surface area contributed by atoms with E-state index in [2.05, 4.69) is 10.2 Å². The van der Waals surface area contributed by atoms with Crippen LogP contribution in [-0.4, -0.2) is 47.1 Å². The van der Waals surface area contributed by atoms with E-state index < -0.39 is 28.0 Å². The summed E-state index contributed by atoms with van der Waals surface area (Å²) in [6, 6.07) is 1.61. The molecule has 2 rings (SSSR count). The smallest absolute Gasteiger partial charge is 0.338 e. The Balaban J connectivity index is 2.11. The van der Waals surface area contributed by atoms with Gasteiger partial charge in [0, 0.05) is 25.2 Å². The van der Waals surface area contributed by atoms with Crippen LogP contribution in [0.2, 0.25) is 0 Å². The van der Waals surface area contributed by atoms with Gasteiger partial charge in [0.15, 0.2) is 0 Å². The Morgan fingerprint density at radius 3 is 2.67 bits per heavy atom. The Morgan fingerprint density at radius 2 is 2.10 bits per heavy atom. The summed E-state index contributed by atoms with van der Waals surface area (Å²) in [4.78, 5) is 23.3. The molecule has 0 aromatic heterocycles. The number of likely N-dealkylation sites (tertiary alicyclic amines) is 1. The number of halogens is 1. The predicted molar refractivity (Wildman–Crippen MR) is 74.2 cm³/mol. The highest BCUT2D eigenvalue weighted by Gasteiger charge is 2.22. The molecule has 1 aliphatic heterocycles. The molecule has 0 unspecified atom stereocenters. The molecule has 21 heavy (non-hydrogen) atoms. The zero-order chi connectivity index (χ0) is 15.4. The minimum Gasteiger partial charge on any atom is -0.478 e. The van der Waals surface area contributed by atoms with Crippen molar-refractivity contribution in [3.8, 4) is 0 Å². The van der Waals surface area contributed by atoms with Gasteiger partial charge in [-0.15, -0.1) is 0 Å². The number of nitrogens with one attached hydrogen (secondary N) is 1. The lowest BCUT2D eigenvalue weighted by molar-refractivity contribution is -0.384. The minimum absolute atomic E-state index is 0.00157. The van der Waals surface area contributed by atoms with Gasteiger partial charge in [-0.05, 0) is 25.9 Å². The van der Waals surface area contributed by atoms with Gasteiger partial charge < -0.3 is 15.3 Å². The number of carbonyl (C=O) groups is 1. The van der Waals surface area contributed by atoms with Crippen LogP contribution in [0.15, 0.2) is 12.1 Å². The van der Waals surface area contributed by atoms with Crippen LogP contribution in [0.25, 0.3) is 0 Å². The summed E-state index contributed by atoms with van der Waals surface area (Å²) < 4.78 is 13.6. The second-order valence-electron chi connectivity index (χ2n) is 4.89. The van der Waals surface area contributed by atoms with Crippen LogP contribution in [0, 0.1) is 15.9 Å². The first kappa shape index (κ1) is 15.2. The number of anilines is 1. The standard InChI is InChI=1S/C13H16FN3O4/c14-10-8-11(15-3-6-16-4-1-2-5-16)12(17(20)21)7-9(10)13(18)19/h7-8,15H,1-6H2,(H,18,19). The molecule has 1 aromatic rings. The van der Waals surface area contributed by atoms with Gasteiger partial charge in [-0.2, -0.15) is 0 Å². The summed E-state index contributed by atoms with van der Waals surface area (Å²) in [6.45, 7) is 3.14. The Bertz CT molecular complexity index is 559. The van der Waals surface area contributed by atoms with E-state index >= 15 is 0 Å². The number of nitro groups is 1. The summed E-state index contributed by atoms with van der Waals surface area (Å²) in [6.07, 6.45) is 2.28. The Morgan fingerprint density at radius 1 is 1.43 bits per heavy atom. The number of carboxylic acids is 1. The zero-order valence-electron chi connectivity index (χ0n) is 11.3. The van der Waals surface area contributed by atoms with Crippen molar-refractivity contribution in [1.82, 2.24) is 4.90 Å². The quantitative estimate of drug-likeness (QED) is 0.615. The van der Waals surface area contributed by atoms with Crippen LogP contribution in [0.1, 0.15) is 23.2 Å². The highest BCUT2D eigenvalue weighted by Crippen LogP contribution is 2.27. The van der Waals surface area contributed by atoms with Crippen LogP contribution in [0.5, 0.6) is 0 Å². The third kappa shape index (κ3) is 3.66. The lowest BCUT2D eigenvalue weighted by Gasteiger charge is -2.15. The fraction of sp³-hybridized carbons (Fsp3) is 0.462. The normalized spacial score (nSPS) is 15.1. The average Bonchev–Trinajstić information content (AvgIpc) is 2.91. The summed E-state index contributed by atoms with van der Waals surface area (Å²) in [5.41, 5.74) is -1.14. The summed E-state index contributed by atoms with van der Waals surface area (Å²) in [7, 11) is 0. The van der Waals surface area contributed by atoms with Crippen LogP contribution >= 0.6 is 0 Å². The van der Waals surface area contributed by atoms with E-state index in [1.54, 1.807) is 0 Å². The van der Waals surface area contributed by atoms with E-state index in [-0.39, 0.29) is 5.69 Å². The first-order valence-corrected chi connectivity index (χ1v) is 6.66. The third-order valence-corrected chi connectivity index (χ3v) is 3.45. The maximum atomic E-state index is 13.6. The molecule has 1 aliphatic rings. The maximum absolute atomic E-state index is 13.6. The van der Waals surface area contributed by atoms with Crippen molar-refractivity contribution in [1.29, 1.82) is 0 Å². The van der Waals surface area contributed by atoms with Crippen LogP contribution in [0.3, 0.4) is 0 Å². The summed E-state index contributed by atoms with van der Waals surface area (Å²) in [5, 5.41) is 22.6. The number of hydrogen-bond acceptors (Lipinski definition) is 5. The number of benzene rings is 1. The molecule has 7 nitrogen and oxygen atoms in total. The van der Waals surface area contributed by atoms with E-state index in [9.17, 15) is 19.3 Å². The molecule has 1 saturated heterocycles. The molecule has 0 amide bonds. The highest BCUT2D eigenvalue weighted by atomic mass is 19.1. The third-order valence-electron chi connectivity index (χ3n) is 3.45. The van der Waals surface area contributed by atoms with Crippen LogP contribution < -0.4 is 5.32 Å². The second-order valence-corrected chi connectivity index (χ2v) is 4.89. The van der Waals surface area contributed by atoms with E-state index in [0.717, 1.165) is 38.1 Å². The Kier molecular flexibility index (Phi) is 4.69. The monoisotopic (exact) mass is 297 g/mol. The number of carboxylic acid groups (broad SMARTS) is 1. The van der Waals surface area contributed by atoms with Crippen molar-refractivity contribution in [2.45, 2.75) is 12.8 Å². The maximum Gasteiger partial charge on any atom is 0.338 e. The number of rotatable bonds is 6. The van der Waals surface area contributed by atoms with Gasteiger partial charge in [0.25, 0.3) is 5.69 Å². The Hall–Kier alpha value is -2.22. The lowest BCUT2D eigenvalue weighted by Crippen LogP contribution is -2.26. The molecule has 0 spiro atoms. The zero-order valence-corrected chi connectivity index (χ0v) is 11.3. The number of nitrogens with zero attached hydrogens (tertiary/aromatic N) is 2. The van der Waals surface area contributed by atoms with Crippen molar-refractivity contribution in [3.63, 3.8) is 0 Å². The molecule has 114 valence electrons. The molecule has 0 saturated carbocycles. The fourth-order valence-corrected chi connectivity index (χ4v) is 2.37. The second kappa shape index (κ2) is 6.49. The SMILES string of the molecule is O=C(O)c1cc([N+](=O)[O-])c(NCCN2CCCC2)cc1F. The van der Waals surface area contributed by atoms with E-state index in [1.807, 2.05) is 0 Å². The molecule has 8 heteroatoms. The first-order valence-electron chi connectivity index (χ1n) is 6.66. The summed E-state index contributed by atoms with van der Waals surface area (Å²) in [5.74, 6) is -2.52. The largest absolute Gasteiger partial charge is 0.478 e. The number of aromatic carboxylic acids is 1. The number of nitro benzene ring substituents is 1. The molecule has 0 radical (unpaired) electrons. The van der Waals surface area contributed by atoms with Crippen LogP contribution in [-0.2, 0) is 0 Å². The van der Waals surface area contributed by atoms with Gasteiger partial charge >= 0.3 is 5.97 Å². The predicted octanol–water partition coefficient (Wildman–Crippen LogP) is 1.94. The molecule has 0 bridgehead atoms. The van der Waals surface area contributed by atoms with E-state index in [1.165, 1.54) is 0 Å². The lowest BCUT2D eigenvalue weighted by atomic mass is 10.1. The minimum atomic E-state index is -1.53. The highest BCUT2D eigenvalue weighted by molar-refractivity contribution is 5.90. The van der Waals surface area contributed by atoms with Crippen molar-refractivity contribution in [2.75, 3.05) is 31.5 Å². The molecule has 1 aromatic carbocycles. The Labute approximate surface area is 120 Å². The average molecular weight is 297 g/mol. The van der Waals surface area contributed by atoms with Gasteiger partial charge in [-0.3, -0.25) is 10.1 Å². The van der Waals surface area contributed by atoms with Crippen molar-refractivity contribution >= 4 is 17.3 Å². The van der Waals surface area contributed by atoms with Crippen LogP contribution in [0.4, 0.5) is 15.8 Å². The first-order chi connectivity index (χ1) is 9.99. The molecule has 2 N–H and O–H groups in total. The number of hydrogen-bond donors (Lipinski definition) is 2. The van der Waals surface area contributed by atoms with Gasteiger partial charge in [0.2, 0.25) is 0 Å². The van der Waals surface area contributed by atoms with Gasteiger partial charge in [-0.1, -0.05) is 0 Å². The van der Waals surface area contributed by atoms with E-state index in [0.29, 0.717) is 13.1 Å². The molecular formula is C13H16FN3O4. The van der Waals surface area contributed by atoms with Gasteiger partial charge in [0.1, 0.15) is 17.1 Å². The molecular weight excluding hydrogens is 281 g/mol. The fourth-order valence-electron chi connectivity index (χ4n) is 2.37. The topological polar surface area (TPSA) is 95.7 Å². The van der Waals surface area contributed by atoms with Crippen molar-refractivity contribution in [3.05, 3.63) is 33.6 Å². The molecule has 1 fully saturated rings. The van der Waals surface area contributed by atoms with Crippen molar-refractivity contribution < 1.29 is 19.2 Å². The molecule has 0 aliphatic carbocycles. The summed E-state index contributed by atoms with van der Waals surface area (Å²) >= 11 is 0. The molecule has 1 heterocycles. The van der Waals surface area contributed by atoms with Crippen molar-refractivity contribution in [2.24, 2.45) is 0 Å². The van der Waals surface area contributed by atoms with Gasteiger partial charge in [-0.25, -0.2) is 9.18 Å². The molecule has 0 atom stereocenters. The van der Waals surface area contributed by atoms with Gasteiger partial charge in [0.05, 0.1) is 4.92 Å². The van der Waals surface area contributed by atoms with E-state index in [4.69, 9.17) is 5.11 Å².